The lowest BCUT2D eigenvalue weighted by Gasteiger charge is -1.89. The Morgan fingerprint density at radius 1 is 2.00 bits per heavy atom. The van der Waals surface area contributed by atoms with Crippen molar-refractivity contribution in [2.24, 2.45) is 0 Å². The Bertz CT molecular complexity index is 56.6. The van der Waals surface area contributed by atoms with Crippen LogP contribution in [-0.2, 0) is 4.79 Å². The summed E-state index contributed by atoms with van der Waals surface area (Å²) in [6, 6.07) is 0. The third kappa shape index (κ3) is 1.91. The lowest BCUT2D eigenvalue weighted by molar-refractivity contribution is -0.121. The number of rotatable bonds is 1. The van der Waals surface area contributed by atoms with Crippen molar-refractivity contribution >= 4 is 5.78 Å². The van der Waals surface area contributed by atoms with Crippen molar-refractivity contribution in [3.8, 4) is 0 Å². The average Bonchev–Trinajstić information content (AvgIpc) is 1.36. The molecule has 0 rings (SSSR count). The van der Waals surface area contributed by atoms with Gasteiger partial charge in [-0.25, -0.2) is 0 Å². The second kappa shape index (κ2) is 1.92. The van der Waals surface area contributed by atoms with Crippen LogP contribution in [0.15, 0.2) is 0 Å². The Labute approximate surface area is 36.8 Å². The number of Topliss-reactive ketones (excluding diaryl/α,β-unsaturated/α-hetero) is 1. The maximum absolute atomic E-state index is 9.56. The van der Waals surface area contributed by atoms with Gasteiger partial charge in [0.15, 0.2) is 5.78 Å². The van der Waals surface area contributed by atoms with E-state index < -0.39 is 11.9 Å². The fourth-order valence-electron chi connectivity index (χ4n) is 0. The molecule has 0 saturated carbocycles. The summed E-state index contributed by atoms with van der Waals surface area (Å²) in [5, 5.41) is 8.09. The maximum Gasteiger partial charge on any atom is 0.170 e. The molecule has 1 atom stereocenters. The van der Waals surface area contributed by atoms with Gasteiger partial charge < -0.3 is 5.11 Å². The van der Waals surface area contributed by atoms with Crippen LogP contribution in [0.3, 0.4) is 0 Å². The normalized spacial score (nSPS) is 13.8. The zero-order chi connectivity index (χ0) is 5.15. The Kier molecular flexibility index (Phi) is 1.81. The molecule has 0 aromatic carbocycles. The van der Waals surface area contributed by atoms with E-state index in [0.717, 1.165) is 0 Å². The number of aliphatic hydroxyl groups is 1. The molecule has 0 spiro atoms. The van der Waals surface area contributed by atoms with E-state index >= 15 is 0 Å². The summed E-state index contributed by atoms with van der Waals surface area (Å²) in [6.07, 6.45) is -1.12. The molecular formula is C4H5O2. The second-order valence-corrected chi connectivity index (χ2v) is 1.04. The van der Waals surface area contributed by atoms with Crippen molar-refractivity contribution < 1.29 is 9.90 Å². The third-order valence-electron chi connectivity index (χ3n) is 0.379. The van der Waals surface area contributed by atoms with Crippen molar-refractivity contribution in [1.29, 1.82) is 0 Å². The van der Waals surface area contributed by atoms with Gasteiger partial charge in [0.25, 0.3) is 0 Å². The summed E-state index contributed by atoms with van der Waals surface area (Å²) in [4.78, 5) is 9.56. The largest absolute Gasteiger partial charge is 0.386 e. The predicted molar refractivity (Wildman–Crippen MR) is 19.9 cm³/mol. The Morgan fingerprint density at radius 2 is 2.17 bits per heavy atom. The minimum absolute atomic E-state index is 0.935. The molecule has 0 aliphatic rings. The van der Waals surface area contributed by atoms with Crippen LogP contribution < -0.4 is 0 Å². The summed E-state index contributed by atoms with van der Waals surface area (Å²) in [6.45, 7) is 7.40. The molecule has 33 valence electrons. The van der Waals surface area contributed by atoms with E-state index in [1.54, 1.807) is 0 Å². The SMILES string of the molecule is [C]C(=O)C(C)O. The summed E-state index contributed by atoms with van der Waals surface area (Å²) in [5.41, 5.74) is 0. The van der Waals surface area contributed by atoms with Crippen LogP contribution in [0.25, 0.3) is 0 Å². The molecule has 0 aliphatic heterocycles. The van der Waals surface area contributed by atoms with Gasteiger partial charge in [0.05, 0.1) is 6.92 Å². The highest BCUT2D eigenvalue weighted by Crippen LogP contribution is 1.76. The van der Waals surface area contributed by atoms with Crippen molar-refractivity contribution in [2.75, 3.05) is 0 Å². The first-order valence-electron chi connectivity index (χ1n) is 1.58. The number of aliphatic hydroxyl groups excluding tert-OH is 1. The summed E-state index contributed by atoms with van der Waals surface area (Å²) in [7, 11) is 0. The lowest BCUT2D eigenvalue weighted by atomic mass is 10.3. The Balaban J connectivity index is 3.26. The van der Waals surface area contributed by atoms with Crippen LogP contribution in [0, 0.1) is 6.92 Å². The molecule has 0 aromatic heterocycles. The first-order chi connectivity index (χ1) is 2.64. The molecule has 0 aliphatic carbocycles. The Morgan fingerprint density at radius 3 is 2.17 bits per heavy atom. The number of carbonyl (C=O) groups excluding carboxylic acids is 1. The van der Waals surface area contributed by atoms with Gasteiger partial charge in [-0.2, -0.15) is 0 Å². The quantitative estimate of drug-likeness (QED) is 0.467. The highest BCUT2D eigenvalue weighted by molar-refractivity contribution is 5.86. The standard InChI is InChI=1S/C4H5O2/c1-3(5)4(2)6/h3,5H,1H3. The van der Waals surface area contributed by atoms with E-state index in [4.69, 9.17) is 12.0 Å². The molecule has 2 heteroatoms. The van der Waals surface area contributed by atoms with Crippen molar-refractivity contribution in [1.82, 2.24) is 0 Å². The van der Waals surface area contributed by atoms with Crippen LogP contribution in [-0.4, -0.2) is 17.0 Å². The van der Waals surface area contributed by atoms with E-state index in [0.29, 0.717) is 0 Å². The minimum Gasteiger partial charge on any atom is -0.386 e. The fraction of sp³-hybridized carbons (Fsp3) is 0.500. The van der Waals surface area contributed by atoms with E-state index in [2.05, 4.69) is 0 Å². The first kappa shape index (κ1) is 5.63. The van der Waals surface area contributed by atoms with E-state index in [-0.39, 0.29) is 0 Å². The summed E-state index contributed by atoms with van der Waals surface area (Å²) >= 11 is 0. The highest BCUT2D eigenvalue weighted by Gasteiger charge is 1.98. The molecular weight excluding hydrogens is 80.0 g/mol. The summed E-state index contributed by atoms with van der Waals surface area (Å²) in [5.74, 6) is -0.935. The molecule has 2 nitrogen and oxygen atoms in total. The molecule has 0 bridgehead atoms. The molecule has 0 aromatic rings. The zero-order valence-corrected chi connectivity index (χ0v) is 3.43. The van der Waals surface area contributed by atoms with Gasteiger partial charge in [0, 0.05) is 0 Å². The fourth-order valence-corrected chi connectivity index (χ4v) is 0. The van der Waals surface area contributed by atoms with Crippen LogP contribution in [0.4, 0.5) is 0 Å². The molecule has 0 saturated heterocycles. The minimum atomic E-state index is -1.12. The Hall–Kier alpha value is -0.370. The van der Waals surface area contributed by atoms with E-state index in [9.17, 15) is 4.79 Å². The van der Waals surface area contributed by atoms with Gasteiger partial charge in [0.1, 0.15) is 6.10 Å². The number of carbonyl (C=O) groups is 1. The molecule has 0 fully saturated rings. The van der Waals surface area contributed by atoms with Gasteiger partial charge in [-0.3, -0.25) is 4.79 Å². The van der Waals surface area contributed by atoms with Gasteiger partial charge in [-0.15, -0.1) is 0 Å². The molecule has 6 heavy (non-hydrogen) atoms. The van der Waals surface area contributed by atoms with Crippen LogP contribution in [0.5, 0.6) is 0 Å². The van der Waals surface area contributed by atoms with Crippen LogP contribution in [0.1, 0.15) is 6.92 Å². The number of ketones is 1. The number of hydrogen-bond acceptors (Lipinski definition) is 2. The monoisotopic (exact) mass is 85.0 g/mol. The van der Waals surface area contributed by atoms with Gasteiger partial charge in [-0.1, -0.05) is 0 Å². The molecule has 0 heterocycles. The lowest BCUT2D eigenvalue weighted by Crippen LogP contribution is -2.10. The van der Waals surface area contributed by atoms with Gasteiger partial charge in [-0.05, 0) is 6.92 Å². The third-order valence-corrected chi connectivity index (χ3v) is 0.379. The zero-order valence-electron chi connectivity index (χ0n) is 3.43. The van der Waals surface area contributed by atoms with Gasteiger partial charge in [0.2, 0.25) is 0 Å². The first-order valence-corrected chi connectivity index (χ1v) is 1.58. The predicted octanol–water partition coefficient (Wildman–Crippen LogP) is -0.476. The van der Waals surface area contributed by atoms with Crippen LogP contribution in [0.2, 0.25) is 0 Å². The molecule has 1 N–H and O–H groups in total. The van der Waals surface area contributed by atoms with Crippen LogP contribution >= 0.6 is 0 Å². The molecule has 0 amide bonds. The van der Waals surface area contributed by atoms with Crippen molar-refractivity contribution in [2.45, 2.75) is 13.0 Å². The van der Waals surface area contributed by atoms with Crippen molar-refractivity contribution in [3.63, 3.8) is 0 Å². The summed E-state index contributed by atoms with van der Waals surface area (Å²) < 4.78 is 0. The van der Waals surface area contributed by atoms with E-state index in [1.807, 2.05) is 0 Å². The smallest absolute Gasteiger partial charge is 0.170 e. The average molecular weight is 85.1 g/mol. The van der Waals surface area contributed by atoms with Gasteiger partial charge >= 0.3 is 0 Å². The second-order valence-electron chi connectivity index (χ2n) is 1.04. The number of hydrogen-bond donors (Lipinski definition) is 1. The van der Waals surface area contributed by atoms with Crippen molar-refractivity contribution in [3.05, 3.63) is 6.92 Å². The topological polar surface area (TPSA) is 37.3 Å². The van der Waals surface area contributed by atoms with E-state index in [1.165, 1.54) is 6.92 Å². The highest BCUT2D eigenvalue weighted by atomic mass is 16.3. The maximum atomic E-state index is 9.56. The molecule has 3 radical (unpaired) electrons. The molecule has 1 unspecified atom stereocenters.